The van der Waals surface area contributed by atoms with Crippen LogP contribution in [0.15, 0.2) is 18.2 Å². The van der Waals surface area contributed by atoms with E-state index in [1.165, 1.54) is 0 Å². The lowest BCUT2D eigenvalue weighted by atomic mass is 10.1. The predicted molar refractivity (Wildman–Crippen MR) is 78.0 cm³/mol. The standard InChI is InChI=1S/C14H19ClN2O3/c1-2-16(10-12-4-3-7-20-12)9-11-5-6-13(15)14(8-11)17(18)19/h5-6,8,12H,2-4,7,9-10H2,1H3. The second kappa shape index (κ2) is 7.02. The molecule has 0 amide bonds. The lowest BCUT2D eigenvalue weighted by Gasteiger charge is -2.23. The van der Waals surface area contributed by atoms with Crippen LogP contribution in [0.1, 0.15) is 25.3 Å². The Labute approximate surface area is 123 Å². The first kappa shape index (κ1) is 15.2. The van der Waals surface area contributed by atoms with Gasteiger partial charge in [-0.25, -0.2) is 0 Å². The highest BCUT2D eigenvalue weighted by molar-refractivity contribution is 6.32. The van der Waals surface area contributed by atoms with E-state index in [2.05, 4.69) is 11.8 Å². The largest absolute Gasteiger partial charge is 0.377 e. The Morgan fingerprint density at radius 3 is 2.95 bits per heavy atom. The van der Waals surface area contributed by atoms with Crippen molar-refractivity contribution in [2.75, 3.05) is 19.7 Å². The maximum Gasteiger partial charge on any atom is 0.288 e. The third kappa shape index (κ3) is 3.91. The van der Waals surface area contributed by atoms with Gasteiger partial charge in [0.15, 0.2) is 0 Å². The molecule has 0 spiro atoms. The molecular formula is C14H19ClN2O3. The highest BCUT2D eigenvalue weighted by Crippen LogP contribution is 2.26. The first-order valence-electron chi connectivity index (χ1n) is 6.87. The van der Waals surface area contributed by atoms with Crippen molar-refractivity contribution in [1.82, 2.24) is 4.90 Å². The van der Waals surface area contributed by atoms with Crippen molar-refractivity contribution < 1.29 is 9.66 Å². The summed E-state index contributed by atoms with van der Waals surface area (Å²) in [6, 6.07) is 4.99. The zero-order valence-electron chi connectivity index (χ0n) is 11.5. The highest BCUT2D eigenvalue weighted by atomic mass is 35.5. The molecular weight excluding hydrogens is 280 g/mol. The molecule has 0 saturated carbocycles. The minimum atomic E-state index is -0.442. The van der Waals surface area contributed by atoms with Crippen molar-refractivity contribution in [1.29, 1.82) is 0 Å². The van der Waals surface area contributed by atoms with Gasteiger partial charge in [0, 0.05) is 25.8 Å². The molecule has 1 aromatic carbocycles. The van der Waals surface area contributed by atoms with Crippen molar-refractivity contribution in [3.05, 3.63) is 38.9 Å². The number of likely N-dealkylation sites (N-methyl/N-ethyl adjacent to an activating group) is 1. The number of halogens is 1. The SMILES string of the molecule is CCN(Cc1ccc(Cl)c([N+](=O)[O-])c1)CC1CCCO1. The molecule has 5 nitrogen and oxygen atoms in total. The zero-order valence-corrected chi connectivity index (χ0v) is 12.3. The second-order valence-electron chi connectivity index (χ2n) is 5.01. The highest BCUT2D eigenvalue weighted by Gasteiger charge is 2.19. The lowest BCUT2D eigenvalue weighted by molar-refractivity contribution is -0.384. The van der Waals surface area contributed by atoms with Crippen LogP contribution in [0.5, 0.6) is 0 Å². The summed E-state index contributed by atoms with van der Waals surface area (Å²) in [5, 5.41) is 11.1. The van der Waals surface area contributed by atoms with E-state index >= 15 is 0 Å². The summed E-state index contributed by atoms with van der Waals surface area (Å²) < 4.78 is 5.63. The van der Waals surface area contributed by atoms with Crippen molar-refractivity contribution in [2.24, 2.45) is 0 Å². The molecule has 1 aliphatic rings. The van der Waals surface area contributed by atoms with Crippen LogP contribution in [-0.4, -0.2) is 35.6 Å². The van der Waals surface area contributed by atoms with E-state index in [0.717, 1.165) is 38.1 Å². The minimum Gasteiger partial charge on any atom is -0.377 e. The first-order chi connectivity index (χ1) is 9.60. The fourth-order valence-corrected chi connectivity index (χ4v) is 2.62. The fraction of sp³-hybridized carbons (Fsp3) is 0.571. The summed E-state index contributed by atoms with van der Waals surface area (Å²) in [4.78, 5) is 12.7. The van der Waals surface area contributed by atoms with Gasteiger partial charge in [0.25, 0.3) is 5.69 Å². The summed E-state index contributed by atoms with van der Waals surface area (Å²) >= 11 is 5.82. The average Bonchev–Trinajstić information content (AvgIpc) is 2.92. The normalized spacial score (nSPS) is 18.6. The summed E-state index contributed by atoms with van der Waals surface area (Å²) in [5.74, 6) is 0. The monoisotopic (exact) mass is 298 g/mol. The van der Waals surface area contributed by atoms with Gasteiger partial charge in [-0.1, -0.05) is 24.6 Å². The Hall–Kier alpha value is -1.17. The molecule has 1 fully saturated rings. The van der Waals surface area contributed by atoms with Gasteiger partial charge in [-0.2, -0.15) is 0 Å². The molecule has 6 heteroatoms. The molecule has 0 radical (unpaired) electrons. The molecule has 0 aliphatic carbocycles. The molecule has 1 aromatic rings. The molecule has 0 N–H and O–H groups in total. The van der Waals surface area contributed by atoms with Crippen LogP contribution < -0.4 is 0 Å². The Balaban J connectivity index is 2.03. The van der Waals surface area contributed by atoms with Gasteiger partial charge in [0.1, 0.15) is 5.02 Å². The summed E-state index contributed by atoms with van der Waals surface area (Å²) in [7, 11) is 0. The summed E-state index contributed by atoms with van der Waals surface area (Å²) in [6.45, 7) is 5.35. The van der Waals surface area contributed by atoms with Crippen LogP contribution in [0.3, 0.4) is 0 Å². The number of nitro groups is 1. The third-order valence-corrected chi connectivity index (χ3v) is 3.87. The van der Waals surface area contributed by atoms with E-state index in [-0.39, 0.29) is 16.8 Å². The molecule has 0 aromatic heterocycles. The first-order valence-corrected chi connectivity index (χ1v) is 7.24. The third-order valence-electron chi connectivity index (χ3n) is 3.55. The van der Waals surface area contributed by atoms with Crippen LogP contribution in [0, 0.1) is 10.1 Å². The van der Waals surface area contributed by atoms with Gasteiger partial charge in [-0.3, -0.25) is 15.0 Å². The van der Waals surface area contributed by atoms with Crippen molar-refractivity contribution >= 4 is 17.3 Å². The van der Waals surface area contributed by atoms with Crippen LogP contribution in [0.2, 0.25) is 5.02 Å². The summed E-state index contributed by atoms with van der Waals surface area (Å²) in [5.41, 5.74) is 0.873. The molecule has 20 heavy (non-hydrogen) atoms. The molecule has 1 heterocycles. The fourth-order valence-electron chi connectivity index (χ4n) is 2.44. The quantitative estimate of drug-likeness (QED) is 0.597. The molecule has 2 rings (SSSR count). The van der Waals surface area contributed by atoms with E-state index in [4.69, 9.17) is 16.3 Å². The molecule has 110 valence electrons. The number of nitrogens with zero attached hydrogens (tertiary/aromatic N) is 2. The maximum atomic E-state index is 10.9. The maximum absolute atomic E-state index is 10.9. The number of hydrogen-bond donors (Lipinski definition) is 0. The molecule has 1 saturated heterocycles. The molecule has 1 unspecified atom stereocenters. The van der Waals surface area contributed by atoms with Gasteiger partial charge in [-0.15, -0.1) is 0 Å². The Morgan fingerprint density at radius 1 is 1.55 bits per heavy atom. The minimum absolute atomic E-state index is 0.0302. The molecule has 1 aliphatic heterocycles. The topological polar surface area (TPSA) is 55.6 Å². The predicted octanol–water partition coefficient (Wildman–Crippen LogP) is 3.25. The molecule has 1 atom stereocenters. The van der Waals surface area contributed by atoms with E-state index < -0.39 is 4.92 Å². The number of rotatable bonds is 6. The number of nitro benzene ring substituents is 1. The van der Waals surface area contributed by atoms with Crippen LogP contribution in [0.25, 0.3) is 0 Å². The second-order valence-corrected chi connectivity index (χ2v) is 5.41. The van der Waals surface area contributed by atoms with E-state index in [1.54, 1.807) is 12.1 Å². The Bertz CT molecular complexity index is 475. The average molecular weight is 299 g/mol. The van der Waals surface area contributed by atoms with Gasteiger partial charge >= 0.3 is 0 Å². The number of benzene rings is 1. The van der Waals surface area contributed by atoms with Crippen molar-refractivity contribution in [3.8, 4) is 0 Å². The van der Waals surface area contributed by atoms with Crippen LogP contribution in [0.4, 0.5) is 5.69 Å². The van der Waals surface area contributed by atoms with E-state index in [1.807, 2.05) is 6.07 Å². The van der Waals surface area contributed by atoms with E-state index in [0.29, 0.717) is 6.54 Å². The zero-order chi connectivity index (χ0) is 14.5. The van der Waals surface area contributed by atoms with Gasteiger partial charge in [0.2, 0.25) is 0 Å². The van der Waals surface area contributed by atoms with Gasteiger partial charge in [0.05, 0.1) is 11.0 Å². The van der Waals surface area contributed by atoms with Gasteiger partial charge < -0.3 is 4.74 Å². The van der Waals surface area contributed by atoms with Crippen molar-refractivity contribution in [3.63, 3.8) is 0 Å². The van der Waals surface area contributed by atoms with Crippen LogP contribution in [-0.2, 0) is 11.3 Å². The van der Waals surface area contributed by atoms with Gasteiger partial charge in [-0.05, 0) is 31.0 Å². The van der Waals surface area contributed by atoms with Crippen molar-refractivity contribution in [2.45, 2.75) is 32.4 Å². The van der Waals surface area contributed by atoms with Crippen LogP contribution >= 0.6 is 11.6 Å². The lowest BCUT2D eigenvalue weighted by Crippen LogP contribution is -2.31. The van der Waals surface area contributed by atoms with E-state index in [9.17, 15) is 10.1 Å². The number of hydrogen-bond acceptors (Lipinski definition) is 4. The Kier molecular flexibility index (Phi) is 5.34. The number of ether oxygens (including phenoxy) is 1. The smallest absolute Gasteiger partial charge is 0.288 e. The summed E-state index contributed by atoms with van der Waals surface area (Å²) in [6.07, 6.45) is 2.50. The Morgan fingerprint density at radius 2 is 2.35 bits per heavy atom. The molecule has 0 bridgehead atoms.